The fourth-order valence-corrected chi connectivity index (χ4v) is 2.11. The number of aliphatic hydroxyl groups is 1. The van der Waals surface area contributed by atoms with Gasteiger partial charge in [-0.1, -0.05) is 42.2 Å². The summed E-state index contributed by atoms with van der Waals surface area (Å²) >= 11 is 0. The molecule has 0 fully saturated rings. The van der Waals surface area contributed by atoms with Crippen molar-refractivity contribution in [1.82, 2.24) is 5.32 Å². The summed E-state index contributed by atoms with van der Waals surface area (Å²) in [7, 11) is 0. The minimum absolute atomic E-state index is 0.156. The molecule has 2 aromatic rings. The number of aliphatic hydroxyl groups excluding tert-OH is 1. The molecule has 0 unspecified atom stereocenters. The Morgan fingerprint density at radius 3 is 2.16 bits per heavy atom. The second-order valence-corrected chi connectivity index (χ2v) is 5.36. The summed E-state index contributed by atoms with van der Waals surface area (Å²) in [5.74, 6) is 11.3. The highest BCUT2D eigenvalue weighted by Gasteiger charge is 2.14. The normalized spacial score (nSPS) is 10.8. The predicted octanol–water partition coefficient (Wildman–Crippen LogP) is 1.07. The van der Waals surface area contributed by atoms with Gasteiger partial charge in [0.05, 0.1) is 6.04 Å². The molecular formula is C21H20N2O2. The van der Waals surface area contributed by atoms with Gasteiger partial charge in [0.1, 0.15) is 6.61 Å². The van der Waals surface area contributed by atoms with Gasteiger partial charge in [-0.2, -0.15) is 0 Å². The smallest absolute Gasteiger partial charge is 0.176 e. The van der Waals surface area contributed by atoms with Gasteiger partial charge in [0.25, 0.3) is 0 Å². The van der Waals surface area contributed by atoms with Gasteiger partial charge in [0.15, 0.2) is 5.78 Å². The molecule has 0 aliphatic rings. The topological polar surface area (TPSA) is 75.3 Å². The highest BCUT2D eigenvalue weighted by Crippen LogP contribution is 2.03. The quantitative estimate of drug-likeness (QED) is 0.692. The third kappa shape index (κ3) is 6.25. The van der Waals surface area contributed by atoms with Gasteiger partial charge in [-0.3, -0.25) is 4.79 Å². The van der Waals surface area contributed by atoms with Crippen molar-refractivity contribution in [2.75, 3.05) is 13.2 Å². The van der Waals surface area contributed by atoms with E-state index >= 15 is 0 Å². The van der Waals surface area contributed by atoms with Crippen molar-refractivity contribution in [2.45, 2.75) is 12.6 Å². The molecule has 1 atom stereocenters. The molecule has 4 nitrogen and oxygen atoms in total. The van der Waals surface area contributed by atoms with Crippen LogP contribution in [0, 0.1) is 23.7 Å². The van der Waals surface area contributed by atoms with Crippen molar-refractivity contribution in [3.8, 4) is 23.7 Å². The van der Waals surface area contributed by atoms with Gasteiger partial charge < -0.3 is 16.2 Å². The zero-order valence-corrected chi connectivity index (χ0v) is 13.8. The average molecular weight is 332 g/mol. The molecule has 0 amide bonds. The zero-order chi connectivity index (χ0) is 17.9. The molecule has 0 spiro atoms. The molecule has 4 N–H and O–H groups in total. The Kier molecular flexibility index (Phi) is 7.43. The van der Waals surface area contributed by atoms with Gasteiger partial charge >= 0.3 is 0 Å². The van der Waals surface area contributed by atoms with Crippen molar-refractivity contribution in [1.29, 1.82) is 0 Å². The Morgan fingerprint density at radius 1 is 1.00 bits per heavy atom. The Morgan fingerprint density at radius 2 is 1.60 bits per heavy atom. The first-order valence-electron chi connectivity index (χ1n) is 7.96. The molecule has 0 heterocycles. The van der Waals surface area contributed by atoms with Crippen molar-refractivity contribution in [3.63, 3.8) is 0 Å². The summed E-state index contributed by atoms with van der Waals surface area (Å²) in [5.41, 5.74) is 8.33. The number of rotatable bonds is 6. The van der Waals surface area contributed by atoms with Crippen LogP contribution in [0.4, 0.5) is 0 Å². The van der Waals surface area contributed by atoms with Gasteiger partial charge in [0, 0.05) is 24.2 Å². The fraction of sp³-hybridized carbons (Fsp3) is 0.190. The number of ketones is 1. The van der Waals surface area contributed by atoms with E-state index in [-0.39, 0.29) is 12.3 Å². The average Bonchev–Trinajstić information content (AvgIpc) is 2.67. The first kappa shape index (κ1) is 18.4. The number of hydrogen-bond acceptors (Lipinski definition) is 4. The van der Waals surface area contributed by atoms with Gasteiger partial charge in [-0.25, -0.2) is 0 Å². The van der Waals surface area contributed by atoms with Crippen LogP contribution in [0.3, 0.4) is 0 Å². The Labute approximate surface area is 148 Å². The minimum Gasteiger partial charge on any atom is -0.389 e. The monoisotopic (exact) mass is 332 g/mol. The first-order valence-corrected chi connectivity index (χ1v) is 7.96. The van der Waals surface area contributed by atoms with E-state index in [1.165, 1.54) is 0 Å². The third-order valence-electron chi connectivity index (χ3n) is 3.54. The number of Topliss-reactive ketones (excluding diaryl/α,β-unsaturated/α-hetero) is 1. The van der Waals surface area contributed by atoms with E-state index in [2.05, 4.69) is 29.0 Å². The van der Waals surface area contributed by atoms with Crippen molar-refractivity contribution < 1.29 is 9.90 Å². The number of carbonyl (C=O) groups is 1. The zero-order valence-electron chi connectivity index (χ0n) is 13.8. The highest BCUT2D eigenvalue weighted by atomic mass is 16.3. The minimum atomic E-state index is -0.530. The van der Waals surface area contributed by atoms with Crippen molar-refractivity contribution >= 4 is 5.78 Å². The van der Waals surface area contributed by atoms with Crippen LogP contribution in [0.25, 0.3) is 0 Å². The summed E-state index contributed by atoms with van der Waals surface area (Å²) in [5, 5.41) is 11.9. The lowest BCUT2D eigenvalue weighted by molar-refractivity contribution is -0.123. The van der Waals surface area contributed by atoms with Crippen molar-refractivity contribution in [3.05, 3.63) is 71.3 Å². The molecular weight excluding hydrogens is 312 g/mol. The van der Waals surface area contributed by atoms with E-state index < -0.39 is 12.6 Å². The molecule has 2 rings (SSSR count). The first-order chi connectivity index (χ1) is 12.2. The fourth-order valence-electron chi connectivity index (χ4n) is 2.11. The summed E-state index contributed by atoms with van der Waals surface area (Å²) in [4.78, 5) is 11.4. The molecule has 0 aliphatic carbocycles. The lowest BCUT2D eigenvalue weighted by Gasteiger charge is -2.14. The molecule has 0 aromatic heterocycles. The van der Waals surface area contributed by atoms with Crippen LogP contribution in [0.5, 0.6) is 0 Å². The second kappa shape index (κ2) is 10.1. The van der Waals surface area contributed by atoms with E-state index in [0.717, 1.165) is 16.7 Å². The summed E-state index contributed by atoms with van der Waals surface area (Å²) in [6.45, 7) is 0.144. The SMILES string of the molecule is NC[C@H](NCc1ccc(C#CC#Cc2ccccc2)cc1)C(=O)CO. The highest BCUT2D eigenvalue weighted by molar-refractivity contribution is 5.85. The third-order valence-corrected chi connectivity index (χ3v) is 3.54. The van der Waals surface area contributed by atoms with Crippen LogP contribution >= 0.6 is 0 Å². The summed E-state index contributed by atoms with van der Waals surface area (Å²) in [6, 6.07) is 16.8. The van der Waals surface area contributed by atoms with Crippen LogP contribution in [0.1, 0.15) is 16.7 Å². The molecule has 0 bridgehead atoms. The van der Waals surface area contributed by atoms with E-state index in [9.17, 15) is 4.79 Å². The maximum Gasteiger partial charge on any atom is 0.176 e. The number of carbonyl (C=O) groups excluding carboxylic acids is 1. The molecule has 0 radical (unpaired) electrons. The number of hydrogen-bond donors (Lipinski definition) is 3. The lowest BCUT2D eigenvalue weighted by atomic mass is 10.1. The Bertz CT molecular complexity index is 806. The molecule has 25 heavy (non-hydrogen) atoms. The van der Waals surface area contributed by atoms with E-state index in [1.807, 2.05) is 54.6 Å². The summed E-state index contributed by atoms with van der Waals surface area (Å²) in [6.07, 6.45) is 0. The standard InChI is InChI=1S/C21H20N2O2/c22-14-20(21(25)16-24)23-15-19-12-10-18(11-13-19)9-5-4-8-17-6-2-1-3-7-17/h1-3,6-7,10-13,20,23-24H,14-16,22H2/t20-/m0/s1. The van der Waals surface area contributed by atoms with Crippen LogP contribution in [0.15, 0.2) is 54.6 Å². The maximum atomic E-state index is 11.4. The molecule has 0 saturated carbocycles. The molecule has 2 aromatic carbocycles. The molecule has 0 aliphatic heterocycles. The van der Waals surface area contributed by atoms with E-state index in [1.54, 1.807) is 0 Å². The predicted molar refractivity (Wildman–Crippen MR) is 98.4 cm³/mol. The van der Waals surface area contributed by atoms with Crippen molar-refractivity contribution in [2.24, 2.45) is 5.73 Å². The largest absolute Gasteiger partial charge is 0.389 e. The molecule has 4 heteroatoms. The van der Waals surface area contributed by atoms with E-state index in [4.69, 9.17) is 10.8 Å². The van der Waals surface area contributed by atoms with E-state index in [0.29, 0.717) is 6.54 Å². The maximum absolute atomic E-state index is 11.4. The van der Waals surface area contributed by atoms with Gasteiger partial charge in [0.2, 0.25) is 0 Å². The Hall–Kier alpha value is -2.89. The number of benzene rings is 2. The molecule has 0 saturated heterocycles. The second-order valence-electron chi connectivity index (χ2n) is 5.36. The van der Waals surface area contributed by atoms with Gasteiger partial charge in [-0.05, 0) is 41.7 Å². The van der Waals surface area contributed by atoms with Crippen LogP contribution in [0.2, 0.25) is 0 Å². The Balaban J connectivity index is 1.91. The molecule has 126 valence electrons. The lowest BCUT2D eigenvalue weighted by Crippen LogP contribution is -2.43. The number of nitrogens with two attached hydrogens (primary N) is 1. The number of nitrogens with one attached hydrogen (secondary N) is 1. The van der Waals surface area contributed by atoms with Crippen LogP contribution in [-0.4, -0.2) is 30.1 Å². The van der Waals surface area contributed by atoms with Gasteiger partial charge in [-0.15, -0.1) is 0 Å². The summed E-state index contributed by atoms with van der Waals surface area (Å²) < 4.78 is 0. The van der Waals surface area contributed by atoms with Crippen LogP contribution in [-0.2, 0) is 11.3 Å². The van der Waals surface area contributed by atoms with Crippen LogP contribution < -0.4 is 11.1 Å².